The minimum Gasteiger partial charge on any atom is -0.387 e. The fourth-order valence-corrected chi connectivity index (χ4v) is 2.74. The first kappa shape index (κ1) is 16.1. The Bertz CT molecular complexity index is 890. The molecule has 0 radical (unpaired) electrons. The Hall–Kier alpha value is -2.72. The molecule has 0 saturated heterocycles. The van der Waals surface area contributed by atoms with Crippen molar-refractivity contribution in [2.45, 2.75) is 20.0 Å². The van der Waals surface area contributed by atoms with E-state index in [0.717, 1.165) is 22.0 Å². The minimum absolute atomic E-state index is 0.157. The number of hydrogen-bond acceptors (Lipinski definition) is 3. The summed E-state index contributed by atoms with van der Waals surface area (Å²) in [5.41, 5.74) is 2.88. The number of aryl methyl sites for hydroxylation is 2. The first-order valence-electron chi connectivity index (χ1n) is 7.94. The van der Waals surface area contributed by atoms with Gasteiger partial charge < -0.3 is 10.4 Å². The van der Waals surface area contributed by atoms with Gasteiger partial charge in [0.05, 0.1) is 17.4 Å². The Morgan fingerprint density at radius 1 is 1.08 bits per heavy atom. The highest BCUT2D eigenvalue weighted by Crippen LogP contribution is 2.20. The number of amides is 1. The van der Waals surface area contributed by atoms with Crippen LogP contribution in [0.4, 0.5) is 0 Å². The van der Waals surface area contributed by atoms with Gasteiger partial charge in [-0.15, -0.1) is 0 Å². The van der Waals surface area contributed by atoms with Crippen LogP contribution in [-0.2, 0) is 0 Å². The third kappa shape index (κ3) is 3.44. The van der Waals surface area contributed by atoms with E-state index in [2.05, 4.69) is 10.3 Å². The number of aliphatic hydroxyl groups excluding tert-OH is 1. The molecule has 1 amide bonds. The Labute approximate surface area is 141 Å². The molecule has 0 bridgehead atoms. The number of carbonyl (C=O) groups excluding carboxylic acids is 1. The molecule has 4 heteroatoms. The molecule has 0 aliphatic rings. The maximum Gasteiger partial charge on any atom is 0.253 e. The Balaban J connectivity index is 1.69. The summed E-state index contributed by atoms with van der Waals surface area (Å²) in [6.45, 7) is 3.85. The van der Waals surface area contributed by atoms with Crippen molar-refractivity contribution >= 4 is 16.7 Å². The van der Waals surface area contributed by atoms with Crippen LogP contribution in [0.15, 0.2) is 54.6 Å². The first-order valence-corrected chi connectivity index (χ1v) is 7.94. The number of benzene rings is 2. The molecule has 2 N–H and O–H groups in total. The van der Waals surface area contributed by atoms with Gasteiger partial charge in [-0.2, -0.15) is 0 Å². The van der Waals surface area contributed by atoms with Gasteiger partial charge >= 0.3 is 0 Å². The van der Waals surface area contributed by atoms with Crippen molar-refractivity contribution in [2.24, 2.45) is 0 Å². The topological polar surface area (TPSA) is 62.2 Å². The van der Waals surface area contributed by atoms with Crippen LogP contribution in [0, 0.1) is 13.8 Å². The van der Waals surface area contributed by atoms with E-state index in [0.29, 0.717) is 11.3 Å². The van der Waals surface area contributed by atoms with Gasteiger partial charge in [-0.25, -0.2) is 0 Å². The van der Waals surface area contributed by atoms with Crippen molar-refractivity contribution in [1.29, 1.82) is 0 Å². The van der Waals surface area contributed by atoms with Crippen molar-refractivity contribution in [3.05, 3.63) is 77.1 Å². The molecule has 0 aliphatic heterocycles. The lowest BCUT2D eigenvalue weighted by Gasteiger charge is -2.14. The van der Waals surface area contributed by atoms with Crippen molar-refractivity contribution < 1.29 is 9.90 Å². The molecule has 3 aromatic rings. The highest BCUT2D eigenvalue weighted by Gasteiger charge is 2.13. The lowest BCUT2D eigenvalue weighted by molar-refractivity contribution is 0.0915. The predicted octanol–water partition coefficient (Wildman–Crippen LogP) is 3.32. The summed E-state index contributed by atoms with van der Waals surface area (Å²) in [6.07, 6.45) is -0.753. The average Bonchev–Trinajstić information content (AvgIpc) is 2.59. The van der Waals surface area contributed by atoms with Crippen LogP contribution in [-0.4, -0.2) is 22.5 Å². The van der Waals surface area contributed by atoms with Gasteiger partial charge in [0.2, 0.25) is 0 Å². The Morgan fingerprint density at radius 3 is 2.58 bits per heavy atom. The summed E-state index contributed by atoms with van der Waals surface area (Å²) in [5.74, 6) is -0.222. The average molecular weight is 320 g/mol. The normalized spacial score (nSPS) is 12.1. The third-order valence-corrected chi connectivity index (χ3v) is 4.08. The van der Waals surface area contributed by atoms with Crippen LogP contribution >= 0.6 is 0 Å². The molecule has 1 heterocycles. The standard InChI is InChI=1S/C20H20N2O2/c1-13-7-10-18(14(2)22-13)20(24)21-12-19(23)17-9-8-15-5-3-4-6-16(15)11-17/h3-11,19,23H,12H2,1-2H3,(H,21,24)/t19-/m0/s1. The van der Waals surface area contributed by atoms with Gasteiger partial charge in [0, 0.05) is 12.2 Å². The van der Waals surface area contributed by atoms with E-state index in [1.807, 2.05) is 62.4 Å². The molecule has 1 atom stereocenters. The third-order valence-electron chi connectivity index (χ3n) is 4.08. The van der Waals surface area contributed by atoms with E-state index in [1.54, 1.807) is 6.07 Å². The molecule has 0 spiro atoms. The van der Waals surface area contributed by atoms with Crippen LogP contribution in [0.5, 0.6) is 0 Å². The number of rotatable bonds is 4. The molecule has 2 aromatic carbocycles. The molecule has 0 fully saturated rings. The largest absolute Gasteiger partial charge is 0.387 e. The minimum atomic E-state index is -0.753. The van der Waals surface area contributed by atoms with Gasteiger partial charge in [-0.1, -0.05) is 36.4 Å². The highest BCUT2D eigenvalue weighted by molar-refractivity contribution is 5.95. The van der Waals surface area contributed by atoms with Crippen molar-refractivity contribution in [2.75, 3.05) is 6.54 Å². The number of aromatic nitrogens is 1. The summed E-state index contributed by atoms with van der Waals surface area (Å²) in [4.78, 5) is 16.6. The van der Waals surface area contributed by atoms with Crippen molar-refractivity contribution in [3.8, 4) is 0 Å². The fourth-order valence-electron chi connectivity index (χ4n) is 2.74. The van der Waals surface area contributed by atoms with Crippen LogP contribution in [0.1, 0.15) is 33.4 Å². The molecule has 0 aliphatic carbocycles. The maximum absolute atomic E-state index is 12.3. The number of aliphatic hydroxyl groups is 1. The molecular weight excluding hydrogens is 300 g/mol. The summed E-state index contributed by atoms with van der Waals surface area (Å²) in [6, 6.07) is 17.4. The van der Waals surface area contributed by atoms with Crippen LogP contribution in [0.3, 0.4) is 0 Å². The second-order valence-corrected chi connectivity index (χ2v) is 5.92. The van der Waals surface area contributed by atoms with Gasteiger partial charge in [-0.3, -0.25) is 9.78 Å². The first-order chi connectivity index (χ1) is 11.5. The SMILES string of the molecule is Cc1ccc(C(=O)NC[C@H](O)c2ccc3ccccc3c2)c(C)n1. The van der Waals surface area contributed by atoms with E-state index >= 15 is 0 Å². The number of nitrogens with zero attached hydrogens (tertiary/aromatic N) is 1. The molecule has 122 valence electrons. The van der Waals surface area contributed by atoms with Gasteiger partial charge in [0.25, 0.3) is 5.91 Å². The van der Waals surface area contributed by atoms with Crippen LogP contribution in [0.2, 0.25) is 0 Å². The lowest BCUT2D eigenvalue weighted by atomic mass is 10.0. The van der Waals surface area contributed by atoms with Crippen molar-refractivity contribution in [3.63, 3.8) is 0 Å². The number of fused-ring (bicyclic) bond motifs is 1. The van der Waals surface area contributed by atoms with E-state index in [9.17, 15) is 9.90 Å². The van der Waals surface area contributed by atoms with Crippen LogP contribution in [0.25, 0.3) is 10.8 Å². The molecular formula is C20H20N2O2. The molecule has 4 nitrogen and oxygen atoms in total. The maximum atomic E-state index is 12.3. The predicted molar refractivity (Wildman–Crippen MR) is 95.0 cm³/mol. The van der Waals surface area contributed by atoms with Gasteiger partial charge in [0.15, 0.2) is 0 Å². The smallest absolute Gasteiger partial charge is 0.253 e. The number of nitrogens with one attached hydrogen (secondary N) is 1. The quantitative estimate of drug-likeness (QED) is 0.775. The molecule has 0 saturated carbocycles. The van der Waals surface area contributed by atoms with Crippen molar-refractivity contribution in [1.82, 2.24) is 10.3 Å². The molecule has 0 unspecified atom stereocenters. The van der Waals surface area contributed by atoms with Gasteiger partial charge in [-0.05, 0) is 48.4 Å². The monoisotopic (exact) mass is 320 g/mol. The Morgan fingerprint density at radius 2 is 1.83 bits per heavy atom. The fraction of sp³-hybridized carbons (Fsp3) is 0.200. The molecule has 3 rings (SSSR count). The molecule has 1 aromatic heterocycles. The lowest BCUT2D eigenvalue weighted by Crippen LogP contribution is -2.29. The number of hydrogen-bond donors (Lipinski definition) is 2. The van der Waals surface area contributed by atoms with E-state index in [1.165, 1.54) is 0 Å². The second kappa shape index (κ2) is 6.81. The summed E-state index contributed by atoms with van der Waals surface area (Å²) < 4.78 is 0. The molecule has 24 heavy (non-hydrogen) atoms. The zero-order chi connectivity index (χ0) is 17.1. The zero-order valence-electron chi connectivity index (χ0n) is 13.8. The zero-order valence-corrected chi connectivity index (χ0v) is 13.8. The summed E-state index contributed by atoms with van der Waals surface area (Å²) in [5, 5.41) is 15.3. The van der Waals surface area contributed by atoms with E-state index < -0.39 is 6.10 Å². The van der Waals surface area contributed by atoms with E-state index in [4.69, 9.17) is 0 Å². The summed E-state index contributed by atoms with van der Waals surface area (Å²) >= 11 is 0. The van der Waals surface area contributed by atoms with E-state index in [-0.39, 0.29) is 12.5 Å². The summed E-state index contributed by atoms with van der Waals surface area (Å²) in [7, 11) is 0. The van der Waals surface area contributed by atoms with Crippen LogP contribution < -0.4 is 5.32 Å². The Kier molecular flexibility index (Phi) is 4.58. The number of carbonyl (C=O) groups is 1. The van der Waals surface area contributed by atoms with Gasteiger partial charge in [0.1, 0.15) is 0 Å². The highest BCUT2D eigenvalue weighted by atomic mass is 16.3. The second-order valence-electron chi connectivity index (χ2n) is 5.92. The number of pyridine rings is 1.